The number of rotatable bonds is 25. The Labute approximate surface area is 470 Å². The van der Waals surface area contributed by atoms with Crippen molar-refractivity contribution >= 4 is 52.8 Å². The molecule has 0 heterocycles. The summed E-state index contributed by atoms with van der Waals surface area (Å²) in [6.07, 6.45) is 15.1. The van der Waals surface area contributed by atoms with Gasteiger partial charge in [-0.1, -0.05) is 89.5 Å². The third kappa shape index (κ3) is 21.0. The molecular weight excluding hydrogens is 1040 g/mol. The van der Waals surface area contributed by atoms with E-state index in [0.29, 0.717) is 54.0 Å². The van der Waals surface area contributed by atoms with Crippen molar-refractivity contribution in [3.8, 4) is 6.07 Å². The highest BCUT2D eigenvalue weighted by Crippen LogP contribution is 2.35. The number of benzene rings is 4. The van der Waals surface area contributed by atoms with Crippen molar-refractivity contribution in [2.45, 2.75) is 162 Å². The third-order valence-corrected chi connectivity index (χ3v) is 15.8. The fourth-order valence-electron chi connectivity index (χ4n) is 9.58. The lowest BCUT2D eigenvalue weighted by atomic mass is 9.93. The van der Waals surface area contributed by atoms with Gasteiger partial charge in [-0.15, -0.1) is 0 Å². The number of nitrogens with one attached hydrogen (secondary N) is 4. The van der Waals surface area contributed by atoms with E-state index in [9.17, 15) is 33.7 Å². The first kappa shape index (κ1) is 65.2. The molecule has 4 aromatic rings. The number of aryl methyl sites for hydroxylation is 2. The quantitative estimate of drug-likeness (QED) is 0.0214. The molecule has 14 nitrogen and oxygen atoms in total. The number of ether oxygens (including phenoxy) is 2. The number of anilines is 2. The van der Waals surface area contributed by atoms with Crippen molar-refractivity contribution in [3.05, 3.63) is 123 Å². The lowest BCUT2D eigenvalue weighted by Crippen LogP contribution is -2.45. The molecular formula is C59H83F3N8O6S2. The Hall–Kier alpha value is -5.36. The maximum Gasteiger partial charge on any atom is 0.293 e. The average molecular weight is 1120 g/mol. The van der Waals surface area contributed by atoms with Crippen LogP contribution in [-0.4, -0.2) is 105 Å². The molecule has 2 saturated carbocycles. The van der Waals surface area contributed by atoms with Gasteiger partial charge in [-0.05, 0) is 189 Å². The standard InChI is InChI=1S/C29H38F2N4O2S.C28H39FN4O4S.C2H6/c1-35(2)17-14-24(13-10-21-8-11-23(30)12-9-21)33-27-22(20-32)18-25(19-26(27)31)38-34-28(36)29(37-3)15-6-4-5-7-16-29;1-32(2)19-16-23(13-10-21-8-11-22(29)12-9-21)30-25-15-14-24(20-26(25)33(35)36)38-31-27(34)28(37-3)17-6-4-5-7-18-28;1-2/h8-9,11-12,18-19,24,33H,4-7,10,13-17H2,1-3H3,(H,34,36);8-9,11-12,14-15,20,23,30H,4-7,10,13,16-19H2,1-3H3,(H,31,34);1-2H3. The molecule has 0 saturated heterocycles. The van der Waals surface area contributed by atoms with Crippen LogP contribution in [-0.2, 0) is 31.9 Å². The molecule has 4 N–H and O–H groups in total. The van der Waals surface area contributed by atoms with Crippen LogP contribution >= 0.6 is 23.9 Å². The van der Waals surface area contributed by atoms with Gasteiger partial charge in [0.15, 0.2) is 0 Å². The highest BCUT2D eigenvalue weighted by atomic mass is 32.2. The average Bonchev–Trinajstić information content (AvgIpc) is 3.88. The van der Waals surface area contributed by atoms with E-state index >= 15 is 4.39 Å². The second-order valence-electron chi connectivity index (χ2n) is 20.4. The van der Waals surface area contributed by atoms with Gasteiger partial charge in [-0.2, -0.15) is 5.26 Å². The highest BCUT2D eigenvalue weighted by molar-refractivity contribution is 7.98. The van der Waals surface area contributed by atoms with E-state index in [0.717, 1.165) is 125 Å². The Balaban J connectivity index is 0.000000326. The van der Waals surface area contributed by atoms with Crippen LogP contribution < -0.4 is 20.1 Å². The van der Waals surface area contributed by atoms with Gasteiger partial charge in [-0.3, -0.25) is 29.1 Å². The topological polar surface area (TPSA) is 174 Å². The molecule has 0 bridgehead atoms. The Morgan fingerprint density at radius 2 is 1.09 bits per heavy atom. The van der Waals surface area contributed by atoms with E-state index in [1.807, 2.05) is 42.0 Å². The zero-order valence-electron chi connectivity index (χ0n) is 47.0. The van der Waals surface area contributed by atoms with Crippen LogP contribution in [0.1, 0.15) is 133 Å². The smallest absolute Gasteiger partial charge is 0.293 e. The monoisotopic (exact) mass is 1120 g/mol. The number of nitro benzene ring substituents is 1. The molecule has 0 radical (unpaired) electrons. The molecule has 4 aromatic carbocycles. The number of carbonyl (C=O) groups excluding carboxylic acids is 2. The normalized spacial score (nSPS) is 15.6. The minimum Gasteiger partial charge on any atom is -0.379 e. The molecule has 0 aromatic heterocycles. The molecule has 6 rings (SSSR count). The summed E-state index contributed by atoms with van der Waals surface area (Å²) in [7, 11) is 11.1. The van der Waals surface area contributed by atoms with Crippen molar-refractivity contribution in [1.29, 1.82) is 5.26 Å². The van der Waals surface area contributed by atoms with Gasteiger partial charge >= 0.3 is 0 Å². The summed E-state index contributed by atoms with van der Waals surface area (Å²) in [4.78, 5) is 42.7. The van der Waals surface area contributed by atoms with Crippen LogP contribution in [0.25, 0.3) is 0 Å². The second-order valence-corrected chi connectivity index (χ2v) is 22.1. The van der Waals surface area contributed by atoms with Crippen LogP contribution in [0.3, 0.4) is 0 Å². The molecule has 78 heavy (non-hydrogen) atoms. The highest BCUT2D eigenvalue weighted by Gasteiger charge is 2.40. The Kier molecular flexibility index (Phi) is 28.3. The van der Waals surface area contributed by atoms with Crippen molar-refractivity contribution in [2.24, 2.45) is 0 Å². The van der Waals surface area contributed by atoms with Crippen molar-refractivity contribution in [1.82, 2.24) is 19.2 Å². The number of amides is 2. The van der Waals surface area contributed by atoms with Gasteiger partial charge in [0, 0.05) is 42.2 Å². The van der Waals surface area contributed by atoms with Crippen LogP contribution in [0.2, 0.25) is 0 Å². The summed E-state index contributed by atoms with van der Waals surface area (Å²) >= 11 is 2.08. The van der Waals surface area contributed by atoms with Crippen LogP contribution in [0.5, 0.6) is 0 Å². The minimum absolute atomic E-state index is 0.0174. The number of nitriles is 1. The first-order chi connectivity index (χ1) is 37.5. The summed E-state index contributed by atoms with van der Waals surface area (Å²) in [5.41, 5.74) is 1.02. The second kappa shape index (κ2) is 33.9. The van der Waals surface area contributed by atoms with Gasteiger partial charge in [-0.25, -0.2) is 13.2 Å². The summed E-state index contributed by atoms with van der Waals surface area (Å²) in [5.74, 6) is -1.52. The van der Waals surface area contributed by atoms with Crippen molar-refractivity contribution in [2.75, 3.05) is 66.1 Å². The Morgan fingerprint density at radius 3 is 1.50 bits per heavy atom. The molecule has 2 atom stereocenters. The molecule has 2 fully saturated rings. The molecule has 2 aliphatic carbocycles. The zero-order valence-corrected chi connectivity index (χ0v) is 48.6. The van der Waals surface area contributed by atoms with Crippen LogP contribution in [0.4, 0.5) is 30.2 Å². The predicted octanol–water partition coefficient (Wildman–Crippen LogP) is 13.1. The summed E-state index contributed by atoms with van der Waals surface area (Å²) < 4.78 is 58.9. The summed E-state index contributed by atoms with van der Waals surface area (Å²) in [6, 6.07) is 22.7. The number of carbonyl (C=O) groups is 2. The molecule has 0 aliphatic heterocycles. The number of hydrogen-bond donors (Lipinski definition) is 4. The molecule has 428 valence electrons. The van der Waals surface area contributed by atoms with E-state index in [4.69, 9.17) is 9.47 Å². The maximum absolute atomic E-state index is 15.3. The van der Waals surface area contributed by atoms with Crippen molar-refractivity contribution < 1.29 is 37.2 Å². The van der Waals surface area contributed by atoms with Crippen molar-refractivity contribution in [3.63, 3.8) is 0 Å². The number of methoxy groups -OCH3 is 2. The van der Waals surface area contributed by atoms with E-state index in [2.05, 4.69) is 35.9 Å². The van der Waals surface area contributed by atoms with Gasteiger partial charge in [0.25, 0.3) is 17.5 Å². The molecule has 0 spiro atoms. The Morgan fingerprint density at radius 1 is 0.654 bits per heavy atom. The number of halogens is 3. The van der Waals surface area contributed by atoms with Crippen LogP contribution in [0.15, 0.2) is 88.7 Å². The van der Waals surface area contributed by atoms with Gasteiger partial charge < -0.3 is 29.9 Å². The molecule has 2 aliphatic rings. The lowest BCUT2D eigenvalue weighted by Gasteiger charge is -2.29. The maximum atomic E-state index is 15.3. The lowest BCUT2D eigenvalue weighted by molar-refractivity contribution is -0.384. The fourth-order valence-corrected chi connectivity index (χ4v) is 11.0. The van der Waals surface area contributed by atoms with Gasteiger partial charge in [0.2, 0.25) is 0 Å². The Bertz CT molecular complexity index is 2500. The SMILES string of the molecule is CC.COC1(C(=O)NSc2cc(F)c(NC(CCc3ccc(F)cc3)CCN(C)C)c(C#N)c2)CCCCCC1.COC1(C(=O)NSc2ccc(NC(CCc3ccc(F)cc3)CCN(C)C)c([N+](=O)[O-])c2)CCCCCC1. The predicted molar refractivity (Wildman–Crippen MR) is 309 cm³/mol. The summed E-state index contributed by atoms with van der Waals surface area (Å²) in [5, 5.41) is 28.4. The third-order valence-electron chi connectivity index (χ3n) is 14.3. The van der Waals surface area contributed by atoms with E-state index in [1.165, 1.54) is 36.4 Å². The first-order valence-electron chi connectivity index (χ1n) is 27.4. The van der Waals surface area contributed by atoms with E-state index in [-0.39, 0.29) is 52.5 Å². The van der Waals surface area contributed by atoms with E-state index in [1.54, 1.807) is 56.7 Å². The number of nitrogens with zero attached hydrogens (tertiary/aromatic N) is 4. The van der Waals surface area contributed by atoms with E-state index < -0.39 is 21.9 Å². The molecule has 19 heteroatoms. The summed E-state index contributed by atoms with van der Waals surface area (Å²) in [6.45, 7) is 5.60. The first-order valence-corrected chi connectivity index (χ1v) is 29.0. The number of nitro groups is 1. The largest absolute Gasteiger partial charge is 0.379 e. The van der Waals surface area contributed by atoms with Gasteiger partial charge in [0.1, 0.15) is 40.4 Å². The van der Waals surface area contributed by atoms with Crippen LogP contribution in [0, 0.1) is 38.9 Å². The molecule has 2 amide bonds. The fraction of sp³-hybridized carbons (Fsp3) is 0.542. The minimum atomic E-state index is -0.869. The number of hydrogen-bond acceptors (Lipinski definition) is 13. The zero-order chi connectivity index (χ0) is 57.1. The molecule has 2 unspecified atom stereocenters. The van der Waals surface area contributed by atoms with Gasteiger partial charge in [0.05, 0.1) is 16.2 Å².